The lowest BCUT2D eigenvalue weighted by Crippen LogP contribution is -2.03. The third-order valence-electron chi connectivity index (χ3n) is 14.9. The Morgan fingerprint density at radius 3 is 1.04 bits per heavy atom. The van der Waals surface area contributed by atoms with Crippen molar-refractivity contribution in [2.24, 2.45) is 0 Å². The number of rotatable bonds is 4. The first kappa shape index (κ1) is 37.4. The normalized spacial score (nSPS) is 12.3. The van der Waals surface area contributed by atoms with Crippen molar-refractivity contribution in [1.29, 1.82) is 0 Å². The summed E-state index contributed by atoms with van der Waals surface area (Å²) in [5.74, 6) is 0. The molecule has 0 radical (unpaired) electrons. The highest BCUT2D eigenvalue weighted by molar-refractivity contribution is 6.27. The maximum Gasteiger partial charge on any atom is 0.0562 e. The molecule has 68 heavy (non-hydrogen) atoms. The van der Waals surface area contributed by atoms with Crippen LogP contribution >= 0.6 is 0 Å². The molecule has 15 rings (SSSR count). The van der Waals surface area contributed by atoms with Crippen LogP contribution in [0.2, 0.25) is 0 Å². The summed E-state index contributed by atoms with van der Waals surface area (Å²) < 4.78 is 9.94. The second-order valence-electron chi connectivity index (χ2n) is 18.6. The quantitative estimate of drug-likeness (QED) is 0.168. The van der Waals surface area contributed by atoms with Crippen LogP contribution in [0.5, 0.6) is 0 Å². The molecule has 0 aliphatic heterocycles. The van der Waals surface area contributed by atoms with Crippen LogP contribution in [0.3, 0.4) is 0 Å². The molecule has 0 unspecified atom stereocenters. The van der Waals surface area contributed by atoms with Gasteiger partial charge >= 0.3 is 0 Å². The van der Waals surface area contributed by atoms with Gasteiger partial charge in [-0.15, -0.1) is 0 Å². The number of hydrogen-bond donors (Lipinski definition) is 0. The Balaban J connectivity index is 1.00. The smallest absolute Gasteiger partial charge is 0.0562 e. The van der Waals surface area contributed by atoms with E-state index >= 15 is 0 Å². The van der Waals surface area contributed by atoms with E-state index in [2.05, 4.69) is 251 Å². The Bertz CT molecular complexity index is 4320. The highest BCUT2D eigenvalue weighted by atomic mass is 15.0. The molecule has 0 bridgehead atoms. The third kappa shape index (κ3) is 5.03. The van der Waals surface area contributed by atoms with Gasteiger partial charge in [-0.2, -0.15) is 0 Å². The van der Waals surface area contributed by atoms with E-state index in [0.717, 1.165) is 11.4 Å². The predicted molar refractivity (Wildman–Crippen MR) is 288 cm³/mol. The van der Waals surface area contributed by atoms with Crippen molar-refractivity contribution in [2.45, 2.75) is 13.8 Å². The highest BCUT2D eigenvalue weighted by Gasteiger charge is 2.24. The third-order valence-corrected chi connectivity index (χ3v) is 14.9. The van der Waals surface area contributed by atoms with E-state index in [-0.39, 0.29) is 0 Å². The molecule has 318 valence electrons. The first-order valence-corrected chi connectivity index (χ1v) is 23.6. The Labute approximate surface area is 391 Å². The van der Waals surface area contributed by atoms with Crippen LogP contribution in [0.1, 0.15) is 11.1 Å². The van der Waals surface area contributed by atoms with E-state index < -0.39 is 0 Å². The van der Waals surface area contributed by atoms with Crippen LogP contribution in [-0.4, -0.2) is 18.3 Å². The van der Waals surface area contributed by atoms with Crippen molar-refractivity contribution >= 4 is 109 Å². The van der Waals surface area contributed by atoms with Gasteiger partial charge in [-0.25, -0.2) is 0 Å². The molecule has 0 saturated heterocycles. The number of aromatic nitrogens is 4. The van der Waals surface area contributed by atoms with Crippen molar-refractivity contribution in [2.75, 3.05) is 0 Å². The molecule has 0 fully saturated rings. The van der Waals surface area contributed by atoms with E-state index in [1.807, 2.05) is 0 Å². The van der Waals surface area contributed by atoms with Crippen LogP contribution in [0, 0.1) is 13.8 Å². The van der Waals surface area contributed by atoms with Gasteiger partial charge in [0, 0.05) is 65.8 Å². The zero-order valence-corrected chi connectivity index (χ0v) is 37.6. The van der Waals surface area contributed by atoms with Crippen LogP contribution in [0.4, 0.5) is 0 Å². The summed E-state index contributed by atoms with van der Waals surface area (Å²) in [7, 11) is 0. The lowest BCUT2D eigenvalue weighted by Gasteiger charge is -2.18. The fraction of sp³-hybridized carbons (Fsp3) is 0.0312. The molecule has 0 atom stereocenters. The van der Waals surface area contributed by atoms with Gasteiger partial charge in [-0.1, -0.05) is 133 Å². The molecule has 4 heterocycles. The summed E-state index contributed by atoms with van der Waals surface area (Å²) in [4.78, 5) is 0. The fourth-order valence-corrected chi connectivity index (χ4v) is 12.0. The summed E-state index contributed by atoms with van der Waals surface area (Å²) in [6, 6.07) is 81.0. The van der Waals surface area contributed by atoms with Gasteiger partial charge in [0.1, 0.15) is 0 Å². The average Bonchev–Trinajstić information content (AvgIpc) is 4.10. The monoisotopic (exact) mass is 866 g/mol. The Kier molecular flexibility index (Phi) is 7.60. The number of para-hydroxylation sites is 4. The summed E-state index contributed by atoms with van der Waals surface area (Å²) in [5, 5.41) is 15.2. The number of fused-ring (bicyclic) bond motifs is 16. The van der Waals surface area contributed by atoms with E-state index in [4.69, 9.17) is 0 Å². The standard InChI is InChI=1S/C64H42N4/c1-39-33-58(68-54-28-16-14-26-48(54)50-36-52-62(38-60(50)68)66(44-21-7-4-8-22-44)56-32-30-42-18-10-12-24-46(42)64(52)56)40(2)34-57(39)67-53-27-15-13-25-47(53)49-35-51-61(37-59(49)67)65(43-19-5-3-6-20-43)55-31-29-41-17-9-11-23-45(41)63(51)55/h3-38H,1-2H3. The highest BCUT2D eigenvalue weighted by Crippen LogP contribution is 2.45. The number of hydrogen-bond acceptors (Lipinski definition) is 0. The van der Waals surface area contributed by atoms with Crippen LogP contribution < -0.4 is 0 Å². The minimum Gasteiger partial charge on any atom is -0.309 e. The maximum absolute atomic E-state index is 2.51. The number of benzene rings is 11. The van der Waals surface area contributed by atoms with E-state index in [1.165, 1.54) is 131 Å². The van der Waals surface area contributed by atoms with Gasteiger partial charge in [-0.3, -0.25) is 0 Å². The largest absolute Gasteiger partial charge is 0.309 e. The van der Waals surface area contributed by atoms with Gasteiger partial charge in [-0.05, 0) is 131 Å². The number of aryl methyl sites for hydroxylation is 2. The maximum atomic E-state index is 2.51. The van der Waals surface area contributed by atoms with Crippen molar-refractivity contribution in [1.82, 2.24) is 18.3 Å². The Morgan fingerprint density at radius 2 is 0.603 bits per heavy atom. The first-order chi connectivity index (χ1) is 33.6. The minimum absolute atomic E-state index is 1.15. The topological polar surface area (TPSA) is 19.7 Å². The molecule has 15 aromatic rings. The van der Waals surface area contributed by atoms with E-state index in [1.54, 1.807) is 0 Å². The molecule has 0 saturated carbocycles. The minimum atomic E-state index is 1.15. The second kappa shape index (κ2) is 13.8. The molecule has 0 amide bonds. The molecule has 0 N–H and O–H groups in total. The molecule has 11 aromatic carbocycles. The summed E-state index contributed by atoms with van der Waals surface area (Å²) in [6.07, 6.45) is 0. The SMILES string of the molecule is Cc1cc(-n2c3ccccc3c3cc4c5c6ccccc6ccc5n(-c5ccccc5)c4cc32)c(C)cc1-n1c2ccccc2c2cc3c4c5ccccc5ccc4n(-c4ccccc4)c3cc21. The van der Waals surface area contributed by atoms with Gasteiger partial charge < -0.3 is 18.3 Å². The predicted octanol–water partition coefficient (Wildman–Crippen LogP) is 17.0. The van der Waals surface area contributed by atoms with Crippen molar-refractivity contribution in [3.05, 3.63) is 230 Å². The van der Waals surface area contributed by atoms with Gasteiger partial charge in [0.2, 0.25) is 0 Å². The van der Waals surface area contributed by atoms with Crippen LogP contribution in [0.25, 0.3) is 132 Å². The lowest BCUT2D eigenvalue weighted by molar-refractivity contribution is 1.09. The molecular formula is C64H42N4. The average molecular weight is 867 g/mol. The molecule has 4 aromatic heterocycles. The van der Waals surface area contributed by atoms with Crippen molar-refractivity contribution < 1.29 is 0 Å². The zero-order valence-electron chi connectivity index (χ0n) is 37.6. The molecular weight excluding hydrogens is 825 g/mol. The van der Waals surface area contributed by atoms with Gasteiger partial charge in [0.25, 0.3) is 0 Å². The van der Waals surface area contributed by atoms with Gasteiger partial charge in [0.15, 0.2) is 0 Å². The second-order valence-corrected chi connectivity index (χ2v) is 18.6. The molecule has 4 nitrogen and oxygen atoms in total. The van der Waals surface area contributed by atoms with E-state index in [9.17, 15) is 0 Å². The zero-order chi connectivity index (χ0) is 44.8. The van der Waals surface area contributed by atoms with Crippen LogP contribution in [-0.2, 0) is 0 Å². The van der Waals surface area contributed by atoms with Crippen molar-refractivity contribution in [3.8, 4) is 22.7 Å². The summed E-state index contributed by atoms with van der Waals surface area (Å²) in [6.45, 7) is 4.57. The van der Waals surface area contributed by atoms with Crippen molar-refractivity contribution in [3.63, 3.8) is 0 Å². The fourth-order valence-electron chi connectivity index (χ4n) is 12.0. The molecule has 0 aliphatic carbocycles. The summed E-state index contributed by atoms with van der Waals surface area (Å²) >= 11 is 0. The molecule has 0 aliphatic rings. The molecule has 4 heteroatoms. The van der Waals surface area contributed by atoms with Crippen LogP contribution in [0.15, 0.2) is 218 Å². The molecule has 0 spiro atoms. The lowest BCUT2D eigenvalue weighted by atomic mass is 10.0. The summed E-state index contributed by atoms with van der Waals surface area (Å²) in [5.41, 5.74) is 16.7. The van der Waals surface area contributed by atoms with Gasteiger partial charge in [0.05, 0.1) is 44.1 Å². The first-order valence-electron chi connectivity index (χ1n) is 23.6. The number of nitrogens with zero attached hydrogens (tertiary/aromatic N) is 4. The van der Waals surface area contributed by atoms with E-state index in [0.29, 0.717) is 0 Å². The Hall–Kier alpha value is -8.86. The Morgan fingerprint density at radius 1 is 0.235 bits per heavy atom.